The Kier molecular flexibility index (Phi) is 4.24. The van der Waals surface area contributed by atoms with Crippen molar-refractivity contribution in [1.29, 1.82) is 0 Å². The highest BCUT2D eigenvalue weighted by Gasteiger charge is 2.23. The summed E-state index contributed by atoms with van der Waals surface area (Å²) in [4.78, 5) is 14.3. The van der Waals surface area contributed by atoms with Crippen LogP contribution in [0.2, 0.25) is 0 Å². The monoisotopic (exact) mass is 222 g/mol. The maximum Gasteiger partial charge on any atom is 0.761 e. The van der Waals surface area contributed by atoms with Gasteiger partial charge in [-0.15, -0.1) is 0 Å². The Hall–Kier alpha value is -1.42. The molecule has 0 amide bonds. The predicted octanol–water partition coefficient (Wildman–Crippen LogP) is 1.50. The summed E-state index contributed by atoms with van der Waals surface area (Å²) in [6, 6.07) is 10.5. The summed E-state index contributed by atoms with van der Waals surface area (Å²) in [7, 11) is -3.13. The quantitative estimate of drug-likeness (QED) is 0.708. The second kappa shape index (κ2) is 5.46. The van der Waals surface area contributed by atoms with E-state index >= 15 is 0 Å². The molecular formula is C11H14O3Si. The van der Waals surface area contributed by atoms with Gasteiger partial charge in [-0.1, -0.05) is 48.9 Å². The molecule has 0 aromatic heterocycles. The van der Waals surface area contributed by atoms with Crippen molar-refractivity contribution in [2.45, 2.75) is 13.3 Å². The van der Waals surface area contributed by atoms with E-state index in [-0.39, 0.29) is 0 Å². The first kappa shape index (κ1) is 11.7. The summed E-state index contributed by atoms with van der Waals surface area (Å²) in [5.74, 6) is 0.843. The van der Waals surface area contributed by atoms with Crippen molar-refractivity contribution >= 4 is 15.2 Å². The largest absolute Gasteiger partial charge is 0.761 e. The molecule has 4 heteroatoms. The van der Waals surface area contributed by atoms with E-state index in [0.29, 0.717) is 0 Å². The van der Waals surface area contributed by atoms with Crippen molar-refractivity contribution in [1.82, 2.24) is 0 Å². The first-order valence-electron chi connectivity index (χ1n) is 4.77. The number of allylic oxidation sites excluding steroid dienone is 1. The van der Waals surface area contributed by atoms with Gasteiger partial charge in [0.05, 0.1) is 0 Å². The van der Waals surface area contributed by atoms with E-state index in [0.717, 1.165) is 5.92 Å². The maximum atomic E-state index is 8.74. The first-order valence-corrected chi connectivity index (χ1v) is 6.07. The number of rotatable bonds is 1. The van der Waals surface area contributed by atoms with Crippen molar-refractivity contribution in [3.8, 4) is 0 Å². The van der Waals surface area contributed by atoms with Gasteiger partial charge in [0.2, 0.25) is 0 Å². The molecule has 0 saturated heterocycles. The summed E-state index contributed by atoms with van der Waals surface area (Å²) in [6.45, 7) is 2.27. The van der Waals surface area contributed by atoms with Gasteiger partial charge in [0.25, 0.3) is 0 Å². The predicted molar refractivity (Wildman–Crippen MR) is 59.1 cm³/mol. The maximum absolute atomic E-state index is 8.74. The van der Waals surface area contributed by atoms with Gasteiger partial charge in [-0.25, -0.2) is 0 Å². The average Bonchev–Trinajstić information content (AvgIpc) is 2.82. The third kappa shape index (κ3) is 5.12. The zero-order valence-electron chi connectivity index (χ0n) is 8.55. The van der Waals surface area contributed by atoms with Crippen LogP contribution in [0.5, 0.6) is 0 Å². The third-order valence-electron chi connectivity index (χ3n) is 2.17. The summed E-state index contributed by atoms with van der Waals surface area (Å²) < 4.78 is 8.74. The van der Waals surface area contributed by atoms with Crippen LogP contribution in [0.4, 0.5) is 0 Å². The van der Waals surface area contributed by atoms with Crippen LogP contribution in [0.25, 0.3) is 6.08 Å². The van der Waals surface area contributed by atoms with Gasteiger partial charge < -0.3 is 9.59 Å². The molecule has 1 atom stereocenters. The van der Waals surface area contributed by atoms with E-state index < -0.39 is 9.17 Å². The number of hydrogen-bond donors (Lipinski definition) is 2. The summed E-state index contributed by atoms with van der Waals surface area (Å²) in [6.07, 6.45) is 3.60. The van der Waals surface area contributed by atoms with E-state index in [1.165, 1.54) is 12.0 Å². The fraction of sp³-hybridized carbons (Fsp3) is 0.273. The molecule has 0 bridgehead atoms. The van der Waals surface area contributed by atoms with Crippen molar-refractivity contribution in [2.24, 2.45) is 5.92 Å². The van der Waals surface area contributed by atoms with Crippen molar-refractivity contribution < 1.29 is 14.1 Å². The summed E-state index contributed by atoms with van der Waals surface area (Å²) >= 11 is 0. The molecule has 1 unspecified atom stereocenters. The Bertz CT molecular complexity index is 355. The lowest BCUT2D eigenvalue weighted by atomic mass is 10.2. The van der Waals surface area contributed by atoms with Gasteiger partial charge in [-0.05, 0) is 17.9 Å². The zero-order chi connectivity index (χ0) is 11.3. The molecule has 1 aliphatic rings. The Morgan fingerprint density at radius 1 is 1.33 bits per heavy atom. The molecule has 0 spiro atoms. The van der Waals surface area contributed by atoms with Gasteiger partial charge in [0, 0.05) is 0 Å². The van der Waals surface area contributed by atoms with Crippen LogP contribution < -0.4 is 0 Å². The fourth-order valence-electron chi connectivity index (χ4n) is 1.26. The molecule has 1 saturated carbocycles. The molecule has 1 aliphatic carbocycles. The Balaban J connectivity index is 0.000000245. The highest BCUT2D eigenvalue weighted by molar-refractivity contribution is 6.22. The van der Waals surface area contributed by atoms with Crippen LogP contribution in [0.1, 0.15) is 18.9 Å². The van der Waals surface area contributed by atoms with E-state index in [4.69, 9.17) is 14.1 Å². The van der Waals surface area contributed by atoms with Crippen molar-refractivity contribution in [3.63, 3.8) is 0 Å². The third-order valence-corrected chi connectivity index (χ3v) is 2.17. The van der Waals surface area contributed by atoms with Gasteiger partial charge >= 0.3 is 9.17 Å². The molecule has 0 aliphatic heterocycles. The molecule has 2 N–H and O–H groups in total. The molecule has 15 heavy (non-hydrogen) atoms. The molecular weight excluding hydrogens is 208 g/mol. The topological polar surface area (TPSA) is 57.5 Å². The highest BCUT2D eigenvalue weighted by atomic mass is 28.3. The molecule has 0 heterocycles. The van der Waals surface area contributed by atoms with Gasteiger partial charge in [-0.2, -0.15) is 0 Å². The molecule has 0 radical (unpaired) electrons. The van der Waals surface area contributed by atoms with Crippen LogP contribution in [-0.4, -0.2) is 18.8 Å². The second-order valence-corrected chi connectivity index (χ2v) is 4.08. The lowest BCUT2D eigenvalue weighted by molar-refractivity contribution is 0.330. The summed E-state index contributed by atoms with van der Waals surface area (Å²) in [5, 5.41) is 0. The van der Waals surface area contributed by atoms with E-state index in [1.807, 2.05) is 0 Å². The smallest absolute Gasteiger partial charge is 0.511 e. The molecule has 3 nitrogen and oxygen atoms in total. The van der Waals surface area contributed by atoms with E-state index in [2.05, 4.69) is 43.3 Å². The number of benzene rings is 1. The molecule has 1 aromatic carbocycles. The Morgan fingerprint density at radius 2 is 1.80 bits per heavy atom. The van der Waals surface area contributed by atoms with Gasteiger partial charge in [-0.3, -0.25) is 4.46 Å². The van der Waals surface area contributed by atoms with Gasteiger partial charge in [0.1, 0.15) is 0 Å². The molecule has 1 aromatic rings. The standard InChI is InChI=1S/C11H12.H2O3Si/c1-9-7-11(9)8-10-5-3-2-4-6-10;1-4(2)3/h2-6,8-9H,7H2,1H3;1-2H. The number of hydrogen-bond acceptors (Lipinski definition) is 1. The van der Waals surface area contributed by atoms with Crippen LogP contribution >= 0.6 is 0 Å². The Morgan fingerprint density at radius 3 is 2.20 bits per heavy atom. The van der Waals surface area contributed by atoms with E-state index in [9.17, 15) is 0 Å². The van der Waals surface area contributed by atoms with Crippen LogP contribution in [0, 0.1) is 5.92 Å². The first-order chi connectivity index (χ1) is 7.09. The van der Waals surface area contributed by atoms with Crippen molar-refractivity contribution in [3.05, 3.63) is 41.5 Å². The molecule has 80 valence electrons. The lowest BCUT2D eigenvalue weighted by Crippen LogP contribution is -1.90. The average molecular weight is 222 g/mol. The molecule has 1 fully saturated rings. The normalized spacial score (nSPS) is 20.3. The second-order valence-electron chi connectivity index (χ2n) is 3.52. The minimum Gasteiger partial charge on any atom is -0.511 e. The highest BCUT2D eigenvalue weighted by Crippen LogP contribution is 2.38. The Labute approximate surface area is 90.6 Å². The summed E-state index contributed by atoms with van der Waals surface area (Å²) in [5.41, 5.74) is 2.93. The van der Waals surface area contributed by atoms with Crippen LogP contribution in [-0.2, 0) is 4.46 Å². The van der Waals surface area contributed by atoms with Gasteiger partial charge in [0.15, 0.2) is 0 Å². The van der Waals surface area contributed by atoms with E-state index in [1.54, 1.807) is 5.57 Å². The molecule has 2 rings (SSSR count). The lowest BCUT2D eigenvalue weighted by Gasteiger charge is -1.88. The van der Waals surface area contributed by atoms with Crippen molar-refractivity contribution in [2.75, 3.05) is 0 Å². The SMILES string of the molecule is CC1CC1=Cc1ccccc1.O=[Si](O)O. The van der Waals surface area contributed by atoms with Crippen LogP contribution in [0.15, 0.2) is 35.9 Å². The fourth-order valence-corrected chi connectivity index (χ4v) is 1.26. The zero-order valence-corrected chi connectivity index (χ0v) is 9.55. The minimum absolute atomic E-state index is 0.843. The minimum atomic E-state index is -3.13. The van der Waals surface area contributed by atoms with Crippen LogP contribution in [0.3, 0.4) is 0 Å².